The average Bonchev–Trinajstić information content (AvgIpc) is 1.93. The molecule has 0 saturated carbocycles. The minimum Gasteiger partial charge on any atom is -0.392 e. The molecule has 1 aliphatic heterocycles. The lowest BCUT2D eigenvalue weighted by Crippen LogP contribution is -2.11. The zero-order chi connectivity index (χ0) is 8.91. The Morgan fingerprint density at radius 3 is 3.17 bits per heavy atom. The molecule has 0 aliphatic carbocycles. The molecule has 1 saturated heterocycles. The zero-order valence-corrected chi connectivity index (χ0v) is 3.15. The first-order chi connectivity index (χ1) is 4.71. The van der Waals surface area contributed by atoms with Crippen LogP contribution in [-0.4, -0.2) is 24.2 Å². The van der Waals surface area contributed by atoms with E-state index >= 15 is 0 Å². The Kier molecular flexibility index (Phi) is 0.316. The lowest BCUT2D eigenvalue weighted by molar-refractivity contribution is 0.196. The molecule has 0 aromatic heterocycles. The number of nitrogens with one attached hydrogen (secondary N) is 1. The first kappa shape index (κ1) is 1.20. The molecule has 2 nitrogen and oxygen atoms in total. The molecular weight excluding hydrogens is 78.0 g/mol. The molecule has 1 atom stereocenters. The van der Waals surface area contributed by atoms with Crippen LogP contribution in [0.25, 0.3) is 0 Å². The van der Waals surface area contributed by atoms with Crippen LogP contribution in [0.4, 0.5) is 0 Å². The fraction of sp³-hybridized carbons (Fsp3) is 1.00. The monoisotopic (exact) mass is 92.1 g/mol. The number of β-amino-alcohol motifs (C(OH)–C–C–N with tert-alkyl or cyclic N) is 1. The van der Waals surface area contributed by atoms with Gasteiger partial charge in [-0.3, -0.25) is 0 Å². The highest BCUT2D eigenvalue weighted by atomic mass is 16.3. The van der Waals surface area contributed by atoms with E-state index in [1.807, 2.05) is 0 Å². The summed E-state index contributed by atoms with van der Waals surface area (Å²) >= 11 is 0. The molecule has 1 heterocycles. The summed E-state index contributed by atoms with van der Waals surface area (Å²) < 4.78 is 35.3. The molecule has 1 aliphatic rings. The topological polar surface area (TPSA) is 32.3 Å². The van der Waals surface area contributed by atoms with Crippen LogP contribution >= 0.6 is 0 Å². The fourth-order valence-corrected chi connectivity index (χ4v) is 0.288. The lowest BCUT2D eigenvalue weighted by Gasteiger charge is -1.90. The van der Waals surface area contributed by atoms with Crippen molar-refractivity contribution in [2.45, 2.75) is 12.5 Å². The van der Waals surface area contributed by atoms with Crippen molar-refractivity contribution in [1.82, 2.24) is 5.32 Å². The third kappa shape index (κ3) is 0.698. The second-order valence-corrected chi connectivity index (χ2v) is 1.05. The number of hydrogen-bond donors (Lipinski definition) is 2. The number of aliphatic hydroxyl groups is 1. The molecule has 0 aromatic carbocycles. The van der Waals surface area contributed by atoms with E-state index in [1.165, 1.54) is 0 Å². The van der Waals surface area contributed by atoms with Crippen molar-refractivity contribution in [1.29, 1.82) is 0 Å². The Morgan fingerprint density at radius 2 is 3.00 bits per heavy atom. The summed E-state index contributed by atoms with van der Waals surface area (Å²) in [6, 6.07) is 0. The summed E-state index contributed by atoms with van der Waals surface area (Å²) in [6.45, 7) is -2.73. The Hall–Kier alpha value is -0.0800. The van der Waals surface area contributed by atoms with Crippen molar-refractivity contribution in [3.05, 3.63) is 0 Å². The van der Waals surface area contributed by atoms with E-state index in [-0.39, 0.29) is 0 Å². The smallest absolute Gasteiger partial charge is 0.0676 e. The first-order valence-electron chi connectivity index (χ1n) is 4.18. The van der Waals surface area contributed by atoms with E-state index in [0.29, 0.717) is 0 Å². The van der Waals surface area contributed by atoms with Gasteiger partial charge in [0, 0.05) is 12.0 Å². The molecule has 1 unspecified atom stereocenters. The SMILES string of the molecule is [2H]C1(O)CNC([2H])([2H])C1([2H])[2H]. The summed E-state index contributed by atoms with van der Waals surface area (Å²) in [6.07, 6.45) is -4.95. The maximum atomic E-state index is 9.05. The van der Waals surface area contributed by atoms with Gasteiger partial charge < -0.3 is 10.4 Å². The van der Waals surface area contributed by atoms with Crippen LogP contribution in [0.15, 0.2) is 0 Å². The van der Waals surface area contributed by atoms with E-state index in [0.717, 1.165) is 0 Å². The molecular formula is C4H9NO. The normalized spacial score (nSPS) is 75.8. The van der Waals surface area contributed by atoms with Gasteiger partial charge in [-0.2, -0.15) is 0 Å². The van der Waals surface area contributed by atoms with Crippen LogP contribution < -0.4 is 5.32 Å². The lowest BCUT2D eigenvalue weighted by atomic mass is 10.3. The minimum atomic E-state index is -2.57. The molecule has 0 bridgehead atoms. The highest BCUT2D eigenvalue weighted by Crippen LogP contribution is 1.93. The van der Waals surface area contributed by atoms with E-state index in [4.69, 9.17) is 12.0 Å². The highest BCUT2D eigenvalue weighted by molar-refractivity contribution is 4.67. The van der Waals surface area contributed by atoms with Crippen molar-refractivity contribution in [2.75, 3.05) is 13.0 Å². The van der Waals surface area contributed by atoms with Crippen LogP contribution in [0.5, 0.6) is 0 Å². The molecule has 0 radical (unpaired) electrons. The van der Waals surface area contributed by atoms with Crippen molar-refractivity contribution >= 4 is 0 Å². The van der Waals surface area contributed by atoms with Crippen LogP contribution in [0, 0.1) is 0 Å². The fourth-order valence-electron chi connectivity index (χ4n) is 0.288. The second kappa shape index (κ2) is 1.58. The Labute approximate surface area is 44.2 Å². The van der Waals surface area contributed by atoms with Gasteiger partial charge in [-0.15, -0.1) is 0 Å². The van der Waals surface area contributed by atoms with E-state index in [1.54, 1.807) is 0 Å². The molecule has 36 valence electrons. The van der Waals surface area contributed by atoms with Crippen LogP contribution in [0.3, 0.4) is 0 Å². The van der Waals surface area contributed by atoms with Crippen molar-refractivity contribution in [3.63, 3.8) is 0 Å². The van der Waals surface area contributed by atoms with Crippen LogP contribution in [-0.2, 0) is 0 Å². The van der Waals surface area contributed by atoms with Gasteiger partial charge in [-0.05, 0) is 12.9 Å². The average molecular weight is 92.2 g/mol. The van der Waals surface area contributed by atoms with E-state index in [2.05, 4.69) is 5.32 Å². The third-order valence-corrected chi connectivity index (χ3v) is 0.551. The second-order valence-electron chi connectivity index (χ2n) is 1.05. The molecule has 6 heavy (non-hydrogen) atoms. The zero-order valence-electron chi connectivity index (χ0n) is 8.15. The standard InChI is InChI=1S/C4H9NO/c6-4-1-2-5-3-4/h4-6H,1-3H2/i1D2,2D2,4D. The van der Waals surface area contributed by atoms with Crippen molar-refractivity contribution in [3.8, 4) is 0 Å². The van der Waals surface area contributed by atoms with Crippen LogP contribution in [0.1, 0.15) is 13.2 Å². The van der Waals surface area contributed by atoms with E-state index < -0.39 is 25.5 Å². The summed E-state index contributed by atoms with van der Waals surface area (Å²) in [5.41, 5.74) is 0. The summed E-state index contributed by atoms with van der Waals surface area (Å²) in [5.74, 6) is 0. The Balaban J connectivity index is 3.00. The predicted octanol–water partition coefficient (Wildman–Crippen LogP) is -0.659. The van der Waals surface area contributed by atoms with Gasteiger partial charge >= 0.3 is 0 Å². The molecule has 1 fully saturated rings. The quantitative estimate of drug-likeness (QED) is 0.416. The van der Waals surface area contributed by atoms with Gasteiger partial charge in [0.1, 0.15) is 0 Å². The van der Waals surface area contributed by atoms with Crippen molar-refractivity contribution in [2.24, 2.45) is 0 Å². The van der Waals surface area contributed by atoms with E-state index in [9.17, 15) is 0 Å². The summed E-state index contributed by atoms with van der Waals surface area (Å²) in [4.78, 5) is 0. The molecule has 0 aromatic rings. The van der Waals surface area contributed by atoms with Gasteiger partial charge in [0.05, 0.1) is 7.45 Å². The van der Waals surface area contributed by atoms with Crippen LogP contribution in [0.2, 0.25) is 0 Å². The summed E-state index contributed by atoms with van der Waals surface area (Å²) in [7, 11) is 0. The van der Waals surface area contributed by atoms with Gasteiger partial charge in [-0.1, -0.05) is 0 Å². The maximum absolute atomic E-state index is 9.05. The molecule has 1 rings (SSSR count). The predicted molar refractivity (Wildman–Crippen MR) is 23.5 cm³/mol. The molecule has 2 N–H and O–H groups in total. The minimum absolute atomic E-state index is 0.396. The highest BCUT2D eigenvalue weighted by Gasteiger charge is 2.08. The third-order valence-electron chi connectivity index (χ3n) is 0.551. The van der Waals surface area contributed by atoms with Gasteiger partial charge in [0.2, 0.25) is 0 Å². The molecule has 0 amide bonds. The number of rotatable bonds is 0. The van der Waals surface area contributed by atoms with Gasteiger partial charge in [0.15, 0.2) is 0 Å². The molecule has 0 spiro atoms. The first-order valence-corrected chi connectivity index (χ1v) is 1.68. The molecule has 2 heteroatoms. The van der Waals surface area contributed by atoms with Gasteiger partial charge in [-0.25, -0.2) is 0 Å². The van der Waals surface area contributed by atoms with Gasteiger partial charge in [0.25, 0.3) is 0 Å². The largest absolute Gasteiger partial charge is 0.392 e. The number of hydrogen-bond acceptors (Lipinski definition) is 2. The maximum Gasteiger partial charge on any atom is 0.0676 e. The Bertz CT molecular complexity index is 161. The Morgan fingerprint density at radius 1 is 2.17 bits per heavy atom. The summed E-state index contributed by atoms with van der Waals surface area (Å²) in [5, 5.41) is 11.1. The van der Waals surface area contributed by atoms with Crippen molar-refractivity contribution < 1.29 is 12.0 Å².